The summed E-state index contributed by atoms with van der Waals surface area (Å²) in [5.74, 6) is -1.83. The maximum absolute atomic E-state index is 10.8. The maximum atomic E-state index is 10.8. The Hall–Kier alpha value is -0.110. The first-order chi connectivity index (χ1) is 6.31. The van der Waals surface area contributed by atoms with Gasteiger partial charge in [0.25, 0.3) is 0 Å². The predicted molar refractivity (Wildman–Crippen MR) is 52.0 cm³/mol. The van der Waals surface area contributed by atoms with Gasteiger partial charge in [-0.05, 0) is 26.7 Å². The second-order valence-corrected chi connectivity index (χ2v) is 4.54. The zero-order valence-electron chi connectivity index (χ0n) is 9.05. The molecule has 0 unspecified atom stereocenters. The minimum Gasteiger partial charge on any atom is -0.862 e. The van der Waals surface area contributed by atoms with Crippen LogP contribution in [0.3, 0.4) is 0 Å². The monoisotopic (exact) mass is 242 g/mol. The molecule has 0 aromatic rings. The molecule has 0 aliphatic rings. The van der Waals surface area contributed by atoms with Gasteiger partial charge in [-0.15, -0.1) is 4.91 Å². The van der Waals surface area contributed by atoms with Crippen LogP contribution in [0.25, 0.3) is 0 Å². The summed E-state index contributed by atoms with van der Waals surface area (Å²) in [7, 11) is 0. The molecule has 0 aliphatic carbocycles. The van der Waals surface area contributed by atoms with Gasteiger partial charge in [-0.1, -0.05) is 0 Å². The quantitative estimate of drug-likeness (QED) is 0.187. The van der Waals surface area contributed by atoms with E-state index in [1.807, 2.05) is 0 Å². The molecule has 0 rings (SSSR count). The van der Waals surface area contributed by atoms with Gasteiger partial charge in [0.05, 0.1) is 4.75 Å². The number of carboxylic acids is 1. The van der Waals surface area contributed by atoms with Gasteiger partial charge in [-0.25, -0.2) is 4.79 Å². The Labute approximate surface area is 114 Å². The Bertz CT molecular complexity index is 266. The second-order valence-electron chi connectivity index (χ2n) is 3.16. The van der Waals surface area contributed by atoms with Crippen molar-refractivity contribution in [2.75, 3.05) is 0 Å². The minimum atomic E-state index is -1.26. The van der Waals surface area contributed by atoms with Crippen LogP contribution in [0.1, 0.15) is 20.8 Å². The molecule has 0 saturated heterocycles. The van der Waals surface area contributed by atoms with Gasteiger partial charge in [0.1, 0.15) is 0 Å². The number of carboxylic acid groups (broad SMARTS) is 1. The zero-order chi connectivity index (χ0) is 11.4. The number of rotatable bonds is 5. The van der Waals surface area contributed by atoms with Crippen molar-refractivity contribution in [2.24, 2.45) is 9.57 Å². The van der Waals surface area contributed by atoms with Crippen LogP contribution in [0.2, 0.25) is 0 Å². The third kappa shape index (κ3) is 6.14. The summed E-state index contributed by atoms with van der Waals surface area (Å²) in [5.41, 5.74) is 0. The molecule has 0 aliphatic heterocycles. The third-order valence-corrected chi connectivity index (χ3v) is 2.24. The number of nitroso groups, excluding NO2 is 1. The molecule has 6 nitrogen and oxygen atoms in total. The van der Waals surface area contributed by atoms with Crippen molar-refractivity contribution in [2.45, 2.75) is 31.6 Å². The van der Waals surface area contributed by atoms with Crippen molar-refractivity contribution in [3.8, 4) is 0 Å². The number of hydrogen-bond donors (Lipinski definition) is 1. The summed E-state index contributed by atoms with van der Waals surface area (Å²) >= 11 is 0.555. The fraction of sp³-hybridized carbons (Fsp3) is 0.714. The number of aliphatic carboxylic acids is 1. The molecule has 1 N–H and O–H groups in total. The van der Waals surface area contributed by atoms with E-state index in [1.54, 1.807) is 0 Å². The molecule has 80 valence electrons. The van der Waals surface area contributed by atoms with E-state index in [0.29, 0.717) is 11.9 Å². The van der Waals surface area contributed by atoms with Gasteiger partial charge in [-0.2, -0.15) is 0 Å². The van der Waals surface area contributed by atoms with Crippen molar-refractivity contribution in [3.63, 3.8) is 0 Å². The molecular weight excluding hydrogens is 231 g/mol. The Morgan fingerprint density at radius 3 is 2.27 bits per heavy atom. The third-order valence-electron chi connectivity index (χ3n) is 1.48. The van der Waals surface area contributed by atoms with Gasteiger partial charge in [0, 0.05) is 16.5 Å². The summed E-state index contributed by atoms with van der Waals surface area (Å²) in [4.78, 5) is 24.2. The van der Waals surface area contributed by atoms with Gasteiger partial charge in [0.15, 0.2) is 6.04 Å². The first-order valence-electron chi connectivity index (χ1n) is 3.76. The number of aliphatic imine (C=N–C) groups is 1. The predicted octanol–water partition coefficient (Wildman–Crippen LogP) is -2.58. The number of carbonyl (C=O) groups is 1. The molecular formula is C7H11N2NaO4S. The van der Waals surface area contributed by atoms with Gasteiger partial charge in [0.2, 0.25) is 0 Å². The molecule has 0 aromatic heterocycles. The Balaban J connectivity index is 0. The Morgan fingerprint density at radius 2 is 2.00 bits per heavy atom. The van der Waals surface area contributed by atoms with Crippen LogP contribution >= 0.6 is 11.9 Å². The summed E-state index contributed by atoms with van der Waals surface area (Å²) in [6, 6.07) is -1.26. The normalized spacial score (nSPS) is 13.9. The molecule has 0 saturated carbocycles. The minimum absolute atomic E-state index is 0. The second kappa shape index (κ2) is 7.21. The van der Waals surface area contributed by atoms with Crippen molar-refractivity contribution < 1.29 is 44.6 Å². The van der Waals surface area contributed by atoms with E-state index in [1.165, 1.54) is 13.8 Å². The first-order valence-corrected chi connectivity index (χ1v) is 4.53. The fourth-order valence-corrected chi connectivity index (χ4v) is 1.28. The number of hydrogen-bond acceptors (Lipinski definition) is 6. The van der Waals surface area contributed by atoms with E-state index < -0.39 is 22.7 Å². The van der Waals surface area contributed by atoms with Crippen LogP contribution in [0.5, 0.6) is 0 Å². The van der Waals surface area contributed by atoms with E-state index in [-0.39, 0.29) is 29.6 Å². The summed E-state index contributed by atoms with van der Waals surface area (Å²) in [5, 5.41) is 19.4. The molecule has 0 bridgehead atoms. The SMILES string of the molecule is CC([O-])=N[C@@H](C(=O)O)C(C)(C)SN=O.[Na+]. The van der Waals surface area contributed by atoms with Crippen LogP contribution in [0.15, 0.2) is 9.57 Å². The van der Waals surface area contributed by atoms with E-state index >= 15 is 0 Å². The van der Waals surface area contributed by atoms with Crippen molar-refractivity contribution in [1.29, 1.82) is 0 Å². The molecule has 0 heterocycles. The van der Waals surface area contributed by atoms with E-state index in [9.17, 15) is 14.8 Å². The fourth-order valence-electron chi connectivity index (χ4n) is 0.836. The van der Waals surface area contributed by atoms with E-state index in [0.717, 1.165) is 6.92 Å². The van der Waals surface area contributed by atoms with E-state index in [2.05, 4.69) is 9.57 Å². The summed E-state index contributed by atoms with van der Waals surface area (Å²) < 4.78 is 1.52. The number of nitrogens with zero attached hydrogens (tertiary/aromatic N) is 2. The van der Waals surface area contributed by atoms with Gasteiger partial charge in [-0.3, -0.25) is 4.99 Å². The van der Waals surface area contributed by atoms with Crippen LogP contribution in [0.4, 0.5) is 0 Å². The maximum Gasteiger partial charge on any atom is 1.00 e. The molecule has 15 heavy (non-hydrogen) atoms. The zero-order valence-corrected chi connectivity index (χ0v) is 11.9. The molecule has 0 amide bonds. The van der Waals surface area contributed by atoms with Crippen molar-refractivity contribution in [3.05, 3.63) is 4.91 Å². The molecule has 0 aromatic carbocycles. The van der Waals surface area contributed by atoms with Gasteiger partial charge >= 0.3 is 35.5 Å². The van der Waals surface area contributed by atoms with Crippen LogP contribution in [-0.2, 0) is 4.79 Å². The summed E-state index contributed by atoms with van der Waals surface area (Å²) in [6.45, 7) is 4.14. The molecule has 0 fully saturated rings. The summed E-state index contributed by atoms with van der Waals surface area (Å²) in [6.07, 6.45) is 0. The Kier molecular flexibility index (Phi) is 8.31. The standard InChI is InChI=1S/C7H12N2O4S.Na/c1-4(10)8-5(6(11)12)7(2,3)14-9-13;/h5H,1-3H3,(H,8,10)(H,11,12);/q;+1/p-1/t5-;/m0./s1. The smallest absolute Gasteiger partial charge is 0.862 e. The molecule has 0 spiro atoms. The van der Waals surface area contributed by atoms with Crippen LogP contribution < -0.4 is 34.7 Å². The van der Waals surface area contributed by atoms with Crippen LogP contribution in [0, 0.1) is 4.91 Å². The molecule has 0 radical (unpaired) electrons. The van der Waals surface area contributed by atoms with E-state index in [4.69, 9.17) is 5.11 Å². The van der Waals surface area contributed by atoms with Gasteiger partial charge < -0.3 is 10.2 Å². The average molecular weight is 242 g/mol. The molecule has 8 heteroatoms. The first kappa shape index (κ1) is 17.3. The average Bonchev–Trinajstić information content (AvgIpc) is 1.99. The van der Waals surface area contributed by atoms with Crippen molar-refractivity contribution in [1.82, 2.24) is 0 Å². The van der Waals surface area contributed by atoms with Crippen molar-refractivity contribution >= 4 is 23.8 Å². The largest absolute Gasteiger partial charge is 1.00 e. The molecule has 1 atom stereocenters. The Morgan fingerprint density at radius 1 is 1.53 bits per heavy atom. The van der Waals surface area contributed by atoms with Crippen LogP contribution in [-0.4, -0.2) is 27.8 Å². The topological polar surface area (TPSA) is 102 Å².